The van der Waals surface area contributed by atoms with Crippen molar-refractivity contribution in [2.24, 2.45) is 0 Å². The maximum atomic E-state index is 9.22. The topological polar surface area (TPSA) is 44.3 Å². The summed E-state index contributed by atoms with van der Waals surface area (Å²) >= 11 is 0. The normalized spacial score (nSPS) is 37.9. The van der Waals surface area contributed by atoms with Gasteiger partial charge in [0.05, 0.1) is 17.5 Å². The second-order valence-corrected chi connectivity index (χ2v) is 5.31. The molecule has 3 N–H and O–H groups in total. The average Bonchev–Trinajstić information content (AvgIpc) is 2.39. The molecule has 1 unspecified atom stereocenters. The Hall–Kier alpha value is -0.700. The Morgan fingerprint density at radius 3 is 2.53 bits per heavy atom. The number of aliphatic hydroxyl groups is 1. The fourth-order valence-corrected chi connectivity index (χ4v) is 2.77. The van der Waals surface area contributed by atoms with Gasteiger partial charge >= 0.3 is 0 Å². The maximum absolute atomic E-state index is 9.22. The van der Waals surface area contributed by atoms with Crippen molar-refractivity contribution in [1.82, 2.24) is 10.6 Å². The number of nitrogens with one attached hydrogen (secondary N) is 2. The Balaban J connectivity index is 2.14. The minimum absolute atomic E-state index is 0.125. The van der Waals surface area contributed by atoms with E-state index in [1.165, 1.54) is 38.4 Å². The summed E-state index contributed by atoms with van der Waals surface area (Å²) in [5.74, 6) is 0. The molecule has 0 aromatic rings. The molecule has 3 heteroatoms. The molecule has 2 aliphatic rings. The highest BCUT2D eigenvalue weighted by Gasteiger charge is 2.37. The van der Waals surface area contributed by atoms with Crippen LogP contribution in [0.5, 0.6) is 0 Å². The van der Waals surface area contributed by atoms with Crippen molar-refractivity contribution < 1.29 is 5.11 Å². The van der Waals surface area contributed by atoms with Crippen LogP contribution in [0, 0.1) is 0 Å². The van der Waals surface area contributed by atoms with Crippen LogP contribution >= 0.6 is 0 Å². The van der Waals surface area contributed by atoms with Crippen LogP contribution in [0.4, 0.5) is 0 Å². The number of fused-ring (bicyclic) bond motifs is 1. The van der Waals surface area contributed by atoms with Gasteiger partial charge in [-0.2, -0.15) is 0 Å². The largest absolute Gasteiger partial charge is 0.514 e. The molecule has 2 fully saturated rings. The fraction of sp³-hybridized carbons (Fsp3) is 0.833. The highest BCUT2D eigenvalue weighted by Crippen LogP contribution is 2.27. The minimum atomic E-state index is -0.125. The van der Waals surface area contributed by atoms with E-state index in [9.17, 15) is 5.11 Å². The van der Waals surface area contributed by atoms with Crippen molar-refractivity contribution in [2.75, 3.05) is 0 Å². The lowest BCUT2D eigenvalue weighted by Crippen LogP contribution is -2.63. The standard InChI is InChI=1S/C12H22N2O/c1-12(2)11(8-15)13-9-6-4-3-5-7-10(9)14-12/h8-10,13-15H,3-7H2,1-2H3/t9-,10?/m0/s1. The molecular formula is C12H22N2O. The molecule has 15 heavy (non-hydrogen) atoms. The molecule has 0 bridgehead atoms. The molecule has 0 amide bonds. The molecular weight excluding hydrogens is 188 g/mol. The van der Waals surface area contributed by atoms with Gasteiger partial charge in [-0.3, -0.25) is 0 Å². The molecule has 1 aliphatic carbocycles. The summed E-state index contributed by atoms with van der Waals surface area (Å²) in [6.07, 6.45) is 7.65. The summed E-state index contributed by atoms with van der Waals surface area (Å²) in [7, 11) is 0. The fourth-order valence-electron chi connectivity index (χ4n) is 2.77. The summed E-state index contributed by atoms with van der Waals surface area (Å²) in [5, 5.41) is 16.4. The van der Waals surface area contributed by atoms with E-state index in [4.69, 9.17) is 0 Å². The molecule has 1 heterocycles. The first-order valence-electron chi connectivity index (χ1n) is 6.02. The zero-order chi connectivity index (χ0) is 10.9. The molecule has 3 nitrogen and oxygen atoms in total. The van der Waals surface area contributed by atoms with Crippen LogP contribution in [0.2, 0.25) is 0 Å². The van der Waals surface area contributed by atoms with Crippen LogP contribution in [0.3, 0.4) is 0 Å². The Morgan fingerprint density at radius 2 is 1.87 bits per heavy atom. The molecule has 1 aliphatic heterocycles. The quantitative estimate of drug-likeness (QED) is 0.536. The van der Waals surface area contributed by atoms with Crippen LogP contribution in [-0.2, 0) is 0 Å². The lowest BCUT2D eigenvalue weighted by atomic mass is 9.89. The van der Waals surface area contributed by atoms with E-state index in [1.54, 1.807) is 0 Å². The third-order valence-electron chi connectivity index (χ3n) is 3.71. The van der Waals surface area contributed by atoms with Gasteiger partial charge in [-0.05, 0) is 26.7 Å². The monoisotopic (exact) mass is 210 g/mol. The van der Waals surface area contributed by atoms with Gasteiger partial charge < -0.3 is 15.7 Å². The molecule has 0 radical (unpaired) electrons. The average molecular weight is 210 g/mol. The number of aliphatic hydroxyl groups excluding tert-OH is 1. The molecule has 2 rings (SSSR count). The van der Waals surface area contributed by atoms with Gasteiger partial charge in [0.15, 0.2) is 0 Å². The molecule has 2 atom stereocenters. The van der Waals surface area contributed by atoms with Crippen molar-refractivity contribution in [3.8, 4) is 0 Å². The van der Waals surface area contributed by atoms with Crippen LogP contribution in [0.25, 0.3) is 0 Å². The zero-order valence-electron chi connectivity index (χ0n) is 9.71. The van der Waals surface area contributed by atoms with E-state index in [-0.39, 0.29) is 5.54 Å². The first-order chi connectivity index (χ1) is 7.13. The van der Waals surface area contributed by atoms with Crippen LogP contribution in [-0.4, -0.2) is 22.7 Å². The van der Waals surface area contributed by atoms with Crippen molar-refractivity contribution in [3.63, 3.8) is 0 Å². The minimum Gasteiger partial charge on any atom is -0.514 e. The highest BCUT2D eigenvalue weighted by molar-refractivity contribution is 5.19. The maximum Gasteiger partial charge on any atom is 0.1000 e. The highest BCUT2D eigenvalue weighted by atomic mass is 16.2. The SMILES string of the molecule is CC1(C)NC2CCCCC[C@@H]2NC1=CO. The summed E-state index contributed by atoms with van der Waals surface area (Å²) in [6, 6.07) is 1.06. The Labute approximate surface area is 91.9 Å². The number of hydrogen-bond donors (Lipinski definition) is 3. The number of hydrogen-bond acceptors (Lipinski definition) is 3. The van der Waals surface area contributed by atoms with Crippen LogP contribution in [0.1, 0.15) is 46.0 Å². The summed E-state index contributed by atoms with van der Waals surface area (Å²) < 4.78 is 0. The van der Waals surface area contributed by atoms with E-state index in [1.807, 2.05) is 0 Å². The second kappa shape index (κ2) is 4.05. The van der Waals surface area contributed by atoms with Gasteiger partial charge in [0, 0.05) is 12.1 Å². The summed E-state index contributed by atoms with van der Waals surface area (Å²) in [6.45, 7) is 4.23. The van der Waals surface area contributed by atoms with E-state index in [2.05, 4.69) is 24.5 Å². The molecule has 0 spiro atoms. The first-order valence-corrected chi connectivity index (χ1v) is 6.02. The van der Waals surface area contributed by atoms with Crippen molar-refractivity contribution in [1.29, 1.82) is 0 Å². The van der Waals surface area contributed by atoms with Gasteiger partial charge in [-0.25, -0.2) is 0 Å². The summed E-state index contributed by atoms with van der Waals surface area (Å²) in [5.41, 5.74) is 0.797. The van der Waals surface area contributed by atoms with E-state index < -0.39 is 0 Å². The third kappa shape index (κ3) is 2.12. The Bertz CT molecular complexity index is 260. The predicted octanol–water partition coefficient (Wildman–Crippen LogP) is 2.06. The smallest absolute Gasteiger partial charge is 0.1000 e. The van der Waals surface area contributed by atoms with Crippen molar-refractivity contribution >= 4 is 0 Å². The van der Waals surface area contributed by atoms with Crippen LogP contribution in [0.15, 0.2) is 12.0 Å². The number of rotatable bonds is 0. The molecule has 0 aromatic heterocycles. The Morgan fingerprint density at radius 1 is 1.20 bits per heavy atom. The number of piperazine rings is 1. The van der Waals surface area contributed by atoms with Gasteiger partial charge in [-0.15, -0.1) is 0 Å². The lowest BCUT2D eigenvalue weighted by molar-refractivity contribution is 0.233. The molecule has 86 valence electrons. The molecule has 0 aromatic carbocycles. The van der Waals surface area contributed by atoms with Crippen LogP contribution < -0.4 is 10.6 Å². The van der Waals surface area contributed by atoms with Gasteiger partial charge in [0.2, 0.25) is 0 Å². The molecule has 1 saturated heterocycles. The van der Waals surface area contributed by atoms with Crippen molar-refractivity contribution in [2.45, 2.75) is 63.6 Å². The first kappa shape index (κ1) is 10.8. The molecule has 1 saturated carbocycles. The predicted molar refractivity (Wildman–Crippen MR) is 61.7 cm³/mol. The summed E-state index contributed by atoms with van der Waals surface area (Å²) in [4.78, 5) is 0. The zero-order valence-corrected chi connectivity index (χ0v) is 9.71. The van der Waals surface area contributed by atoms with E-state index in [0.29, 0.717) is 12.1 Å². The lowest BCUT2D eigenvalue weighted by Gasteiger charge is -2.44. The third-order valence-corrected chi connectivity index (χ3v) is 3.71. The van der Waals surface area contributed by atoms with Gasteiger partial charge in [0.25, 0.3) is 0 Å². The second-order valence-electron chi connectivity index (χ2n) is 5.31. The van der Waals surface area contributed by atoms with Gasteiger partial charge in [-0.1, -0.05) is 19.3 Å². The van der Waals surface area contributed by atoms with Gasteiger partial charge in [0.1, 0.15) is 0 Å². The van der Waals surface area contributed by atoms with E-state index in [0.717, 1.165) is 5.70 Å². The van der Waals surface area contributed by atoms with E-state index >= 15 is 0 Å². The Kier molecular flexibility index (Phi) is 2.91. The van der Waals surface area contributed by atoms with Crippen molar-refractivity contribution in [3.05, 3.63) is 12.0 Å².